The molecule has 0 aliphatic carbocycles. The first-order valence-corrected chi connectivity index (χ1v) is 8.44. The molecule has 1 aliphatic rings. The van der Waals surface area contributed by atoms with Crippen molar-refractivity contribution < 1.29 is 23.7 Å². The Hall–Kier alpha value is -0.200. The van der Waals surface area contributed by atoms with Gasteiger partial charge in [0, 0.05) is 0 Å². The van der Waals surface area contributed by atoms with Crippen molar-refractivity contribution in [3.63, 3.8) is 0 Å². The normalized spacial score (nSPS) is 29.5. The van der Waals surface area contributed by atoms with Gasteiger partial charge in [0.2, 0.25) is 0 Å². The summed E-state index contributed by atoms with van der Waals surface area (Å²) in [6.45, 7) is 16.5. The molecule has 1 aliphatic heterocycles. The van der Waals surface area contributed by atoms with Crippen molar-refractivity contribution in [3.8, 4) is 0 Å². The summed E-state index contributed by atoms with van der Waals surface area (Å²) in [6, 6.07) is 0. The maximum atomic E-state index is 6.07. The van der Waals surface area contributed by atoms with Crippen LogP contribution in [0.3, 0.4) is 0 Å². The van der Waals surface area contributed by atoms with Crippen LogP contribution in [-0.2, 0) is 23.7 Å². The van der Waals surface area contributed by atoms with Crippen LogP contribution >= 0.6 is 0 Å². The maximum absolute atomic E-state index is 6.07. The van der Waals surface area contributed by atoms with Gasteiger partial charge in [0.25, 0.3) is 0 Å². The van der Waals surface area contributed by atoms with E-state index in [0.29, 0.717) is 6.61 Å². The Morgan fingerprint density at radius 2 is 1.18 bits per heavy atom. The molecule has 0 bridgehead atoms. The molecule has 0 aromatic carbocycles. The van der Waals surface area contributed by atoms with E-state index in [2.05, 4.69) is 0 Å². The van der Waals surface area contributed by atoms with E-state index in [-0.39, 0.29) is 42.7 Å². The molecule has 1 rings (SSSR count). The molecule has 5 nitrogen and oxygen atoms in total. The van der Waals surface area contributed by atoms with Gasteiger partial charge in [-0.3, -0.25) is 0 Å². The summed E-state index contributed by atoms with van der Waals surface area (Å²) >= 11 is 0. The van der Waals surface area contributed by atoms with Crippen molar-refractivity contribution in [2.75, 3.05) is 6.61 Å². The van der Waals surface area contributed by atoms with Crippen LogP contribution in [0, 0.1) is 0 Å². The van der Waals surface area contributed by atoms with E-state index in [1.165, 1.54) is 0 Å². The van der Waals surface area contributed by atoms with E-state index in [4.69, 9.17) is 23.7 Å². The zero-order valence-electron chi connectivity index (χ0n) is 15.4. The smallest absolute Gasteiger partial charge is 0.187 e. The monoisotopic (exact) mass is 318 g/mol. The third-order valence-electron chi connectivity index (χ3n) is 3.13. The molecular formula is C17H34O5. The fraction of sp³-hybridized carbons (Fsp3) is 1.00. The van der Waals surface area contributed by atoms with Crippen molar-refractivity contribution in [2.24, 2.45) is 0 Å². The molecule has 1 fully saturated rings. The fourth-order valence-electron chi connectivity index (χ4n) is 2.43. The molecule has 132 valence electrons. The molecule has 1 saturated heterocycles. The van der Waals surface area contributed by atoms with Gasteiger partial charge in [-0.25, -0.2) is 0 Å². The summed E-state index contributed by atoms with van der Waals surface area (Å²) in [7, 11) is 0. The molecule has 0 saturated carbocycles. The lowest BCUT2D eigenvalue weighted by Gasteiger charge is -2.28. The molecular weight excluding hydrogens is 284 g/mol. The van der Waals surface area contributed by atoms with Gasteiger partial charge in [-0.1, -0.05) is 0 Å². The largest absolute Gasteiger partial charge is 0.376 e. The number of hydrogen-bond donors (Lipinski definition) is 0. The molecule has 0 aromatic rings. The Kier molecular flexibility index (Phi) is 8.28. The van der Waals surface area contributed by atoms with E-state index in [0.717, 1.165) is 0 Å². The van der Waals surface area contributed by atoms with Gasteiger partial charge in [-0.05, 0) is 55.4 Å². The van der Waals surface area contributed by atoms with Crippen LogP contribution in [-0.4, -0.2) is 55.6 Å². The summed E-state index contributed by atoms with van der Waals surface area (Å²) in [5.74, 6) is 0. The average molecular weight is 318 g/mol. The van der Waals surface area contributed by atoms with E-state index in [9.17, 15) is 0 Å². The second-order valence-corrected chi connectivity index (χ2v) is 6.91. The predicted octanol–water partition coefficient (Wildman–Crippen LogP) is 3.15. The van der Waals surface area contributed by atoms with Crippen LogP contribution in [0.5, 0.6) is 0 Å². The van der Waals surface area contributed by atoms with Crippen LogP contribution in [0.1, 0.15) is 55.4 Å². The zero-order chi connectivity index (χ0) is 16.9. The number of rotatable bonds is 9. The number of hydrogen-bond acceptors (Lipinski definition) is 5. The highest BCUT2D eigenvalue weighted by Crippen LogP contribution is 2.30. The SMILES string of the molecule is CC(C)OC[C@H]1OC(OC(C)C)[C@H](OC(C)C)[C@H]1OC(C)C. The lowest BCUT2D eigenvalue weighted by molar-refractivity contribution is -0.205. The number of ether oxygens (including phenoxy) is 5. The Labute approximate surface area is 135 Å². The van der Waals surface area contributed by atoms with Crippen molar-refractivity contribution in [1.82, 2.24) is 0 Å². The van der Waals surface area contributed by atoms with Crippen LogP contribution in [0.2, 0.25) is 0 Å². The van der Waals surface area contributed by atoms with Gasteiger partial charge in [0.15, 0.2) is 6.29 Å². The molecule has 0 aromatic heterocycles. The van der Waals surface area contributed by atoms with Crippen LogP contribution in [0.25, 0.3) is 0 Å². The highest BCUT2D eigenvalue weighted by Gasteiger charge is 2.48. The van der Waals surface area contributed by atoms with Crippen LogP contribution < -0.4 is 0 Å². The average Bonchev–Trinajstić information content (AvgIpc) is 2.63. The zero-order valence-corrected chi connectivity index (χ0v) is 15.4. The summed E-state index contributed by atoms with van der Waals surface area (Å²) in [4.78, 5) is 0. The molecule has 1 unspecified atom stereocenters. The van der Waals surface area contributed by atoms with E-state index < -0.39 is 6.29 Å². The molecule has 0 amide bonds. The van der Waals surface area contributed by atoms with Crippen molar-refractivity contribution in [3.05, 3.63) is 0 Å². The quantitative estimate of drug-likeness (QED) is 0.653. The van der Waals surface area contributed by atoms with Crippen LogP contribution in [0.15, 0.2) is 0 Å². The highest BCUT2D eigenvalue weighted by atomic mass is 16.7. The summed E-state index contributed by atoms with van der Waals surface area (Å²) in [5, 5.41) is 0. The molecule has 22 heavy (non-hydrogen) atoms. The maximum Gasteiger partial charge on any atom is 0.187 e. The molecule has 0 spiro atoms. The van der Waals surface area contributed by atoms with E-state index >= 15 is 0 Å². The van der Waals surface area contributed by atoms with Gasteiger partial charge in [0.05, 0.1) is 31.0 Å². The first kappa shape index (κ1) is 19.8. The third-order valence-corrected chi connectivity index (χ3v) is 3.13. The first-order valence-electron chi connectivity index (χ1n) is 8.44. The summed E-state index contributed by atoms with van der Waals surface area (Å²) in [5.41, 5.74) is 0. The highest BCUT2D eigenvalue weighted by molar-refractivity contribution is 4.90. The first-order chi connectivity index (χ1) is 10.2. The fourth-order valence-corrected chi connectivity index (χ4v) is 2.43. The molecule has 0 N–H and O–H groups in total. The van der Waals surface area contributed by atoms with Gasteiger partial charge in [-0.2, -0.15) is 0 Å². The van der Waals surface area contributed by atoms with Gasteiger partial charge in [-0.15, -0.1) is 0 Å². The Balaban J connectivity index is 2.85. The van der Waals surface area contributed by atoms with E-state index in [1.54, 1.807) is 0 Å². The Morgan fingerprint density at radius 1 is 0.682 bits per heavy atom. The third kappa shape index (κ3) is 6.50. The van der Waals surface area contributed by atoms with Gasteiger partial charge in [0.1, 0.15) is 18.3 Å². The van der Waals surface area contributed by atoms with Crippen LogP contribution in [0.4, 0.5) is 0 Å². The molecule has 4 atom stereocenters. The second-order valence-electron chi connectivity index (χ2n) is 6.91. The van der Waals surface area contributed by atoms with Gasteiger partial charge >= 0.3 is 0 Å². The summed E-state index contributed by atoms with van der Waals surface area (Å²) < 4.78 is 29.8. The molecule has 5 heteroatoms. The Bertz CT molecular complexity index is 303. The minimum atomic E-state index is -0.424. The topological polar surface area (TPSA) is 46.2 Å². The van der Waals surface area contributed by atoms with Crippen molar-refractivity contribution in [2.45, 2.75) is 104 Å². The van der Waals surface area contributed by atoms with E-state index in [1.807, 2.05) is 55.4 Å². The Morgan fingerprint density at radius 3 is 1.64 bits per heavy atom. The minimum Gasteiger partial charge on any atom is -0.376 e. The van der Waals surface area contributed by atoms with Gasteiger partial charge < -0.3 is 23.7 Å². The molecule has 1 heterocycles. The predicted molar refractivity (Wildman–Crippen MR) is 86.0 cm³/mol. The van der Waals surface area contributed by atoms with Crippen molar-refractivity contribution >= 4 is 0 Å². The standard InChI is InChI=1S/C17H34O5/c1-10(2)18-9-14-15(19-11(3)4)16(20-12(5)6)17(22-14)21-13(7)8/h10-17H,9H2,1-8H3/t14-,15+,16-,17?/m1/s1. The van der Waals surface area contributed by atoms with Crippen molar-refractivity contribution in [1.29, 1.82) is 0 Å². The summed E-state index contributed by atoms with van der Waals surface area (Å²) in [6.07, 6.45) is -0.661. The second kappa shape index (κ2) is 9.18. The minimum absolute atomic E-state index is 0.0627. The lowest BCUT2D eigenvalue weighted by atomic mass is 10.1. The lowest BCUT2D eigenvalue weighted by Crippen LogP contribution is -2.42. The molecule has 0 radical (unpaired) electrons.